The van der Waals surface area contributed by atoms with Crippen LogP contribution in [0, 0.1) is 0 Å². The number of carbonyl (C=O) groups excluding carboxylic acids is 1. The molecule has 0 spiro atoms. The Morgan fingerprint density at radius 3 is 2.50 bits per heavy atom. The maximum Gasteiger partial charge on any atom is 0.289 e. The molecule has 2 heterocycles. The lowest BCUT2D eigenvalue weighted by atomic mass is 10.2. The van der Waals surface area contributed by atoms with E-state index in [1.54, 1.807) is 23.1 Å². The predicted molar refractivity (Wildman–Crippen MR) is 95.5 cm³/mol. The largest absolute Gasteiger partial charge is 0.451 e. The zero-order chi connectivity index (χ0) is 18.5. The smallest absolute Gasteiger partial charge is 0.289 e. The number of sulfonamides is 1. The Labute approximate surface area is 152 Å². The molecule has 2 atom stereocenters. The monoisotopic (exact) mass is 378 g/mol. The standard InChI is InChI=1S/C18H22N2O5S/c1-11-9-20(10-12(2)24-11)18(21)17-8-13-7-15(5-6-16(13)25-17)26(22,23)19-14-3-4-14/h5-8,11-12,14,19H,3-4,9-10H2,1-2H3. The van der Waals surface area contributed by atoms with Gasteiger partial charge < -0.3 is 14.1 Å². The molecule has 0 bridgehead atoms. The molecule has 1 aromatic carbocycles. The summed E-state index contributed by atoms with van der Waals surface area (Å²) in [7, 11) is -3.54. The maximum absolute atomic E-state index is 12.7. The van der Waals surface area contributed by atoms with Crippen molar-refractivity contribution in [3.05, 3.63) is 30.0 Å². The zero-order valence-electron chi connectivity index (χ0n) is 14.8. The van der Waals surface area contributed by atoms with Crippen LogP contribution in [0.4, 0.5) is 0 Å². The van der Waals surface area contributed by atoms with Gasteiger partial charge in [-0.2, -0.15) is 0 Å². The predicted octanol–water partition coefficient (Wildman–Crippen LogP) is 2.12. The van der Waals surface area contributed by atoms with Crippen LogP contribution in [0.15, 0.2) is 33.6 Å². The SMILES string of the molecule is CC1CN(C(=O)c2cc3cc(S(=O)(=O)NC4CC4)ccc3o2)CC(C)O1. The van der Waals surface area contributed by atoms with Crippen molar-refractivity contribution in [3.63, 3.8) is 0 Å². The van der Waals surface area contributed by atoms with Gasteiger partial charge in [-0.15, -0.1) is 0 Å². The van der Waals surface area contributed by atoms with E-state index >= 15 is 0 Å². The van der Waals surface area contributed by atoms with Crippen molar-refractivity contribution in [1.82, 2.24) is 9.62 Å². The van der Waals surface area contributed by atoms with E-state index in [1.165, 1.54) is 6.07 Å². The summed E-state index contributed by atoms with van der Waals surface area (Å²) in [5.74, 6) is 0.00899. The van der Waals surface area contributed by atoms with E-state index in [2.05, 4.69) is 4.72 Å². The zero-order valence-corrected chi connectivity index (χ0v) is 15.6. The van der Waals surface area contributed by atoms with Gasteiger partial charge in [0.2, 0.25) is 10.0 Å². The Morgan fingerprint density at radius 1 is 1.15 bits per heavy atom. The molecule has 2 unspecified atom stereocenters. The van der Waals surface area contributed by atoms with Gasteiger partial charge in [0.15, 0.2) is 5.76 Å². The summed E-state index contributed by atoms with van der Waals surface area (Å²) in [6, 6.07) is 6.30. The molecule has 7 nitrogen and oxygen atoms in total. The molecule has 1 N–H and O–H groups in total. The van der Waals surface area contributed by atoms with Crippen LogP contribution < -0.4 is 4.72 Å². The third kappa shape index (κ3) is 3.49. The van der Waals surface area contributed by atoms with Gasteiger partial charge in [-0.1, -0.05) is 0 Å². The van der Waals surface area contributed by atoms with E-state index in [4.69, 9.17) is 9.15 Å². The molecule has 8 heteroatoms. The van der Waals surface area contributed by atoms with Crippen LogP contribution in [0.5, 0.6) is 0 Å². The molecule has 1 aliphatic carbocycles. The van der Waals surface area contributed by atoms with E-state index in [0.717, 1.165) is 12.8 Å². The Balaban J connectivity index is 1.60. The van der Waals surface area contributed by atoms with Crippen molar-refractivity contribution >= 4 is 26.9 Å². The van der Waals surface area contributed by atoms with Gasteiger partial charge in [-0.3, -0.25) is 4.79 Å². The number of rotatable bonds is 4. The molecule has 4 rings (SSSR count). The summed E-state index contributed by atoms with van der Waals surface area (Å²) in [5.41, 5.74) is 0.494. The van der Waals surface area contributed by atoms with Crippen LogP contribution in [-0.2, 0) is 14.8 Å². The van der Waals surface area contributed by atoms with Crippen molar-refractivity contribution < 1.29 is 22.4 Å². The molecule has 1 amide bonds. The normalized spacial score (nSPS) is 24.2. The van der Waals surface area contributed by atoms with Crippen LogP contribution >= 0.6 is 0 Å². The molecular weight excluding hydrogens is 356 g/mol. The maximum atomic E-state index is 12.7. The van der Waals surface area contributed by atoms with Crippen LogP contribution in [0.3, 0.4) is 0 Å². The molecule has 2 aromatic rings. The number of amides is 1. The molecule has 1 saturated carbocycles. The van der Waals surface area contributed by atoms with Gasteiger partial charge in [0.25, 0.3) is 5.91 Å². The summed E-state index contributed by atoms with van der Waals surface area (Å²) < 4.78 is 38.7. The van der Waals surface area contributed by atoms with Crippen molar-refractivity contribution in [2.75, 3.05) is 13.1 Å². The molecule has 140 valence electrons. The third-order valence-corrected chi connectivity index (χ3v) is 6.13. The number of furan rings is 1. The van der Waals surface area contributed by atoms with Gasteiger partial charge in [0, 0.05) is 24.5 Å². The highest BCUT2D eigenvalue weighted by Crippen LogP contribution is 2.27. The second-order valence-electron chi connectivity index (χ2n) is 7.17. The number of fused-ring (bicyclic) bond motifs is 1. The van der Waals surface area contributed by atoms with Crippen molar-refractivity contribution in [1.29, 1.82) is 0 Å². The molecule has 0 radical (unpaired) electrons. The first kappa shape index (κ1) is 17.5. The number of morpholine rings is 1. The Bertz CT molecular complexity index is 938. The quantitative estimate of drug-likeness (QED) is 0.880. The summed E-state index contributed by atoms with van der Waals surface area (Å²) in [6.45, 7) is 4.87. The topological polar surface area (TPSA) is 88.9 Å². The second kappa shape index (κ2) is 6.37. The van der Waals surface area contributed by atoms with Gasteiger partial charge in [0.1, 0.15) is 5.58 Å². The lowest BCUT2D eigenvalue weighted by Crippen LogP contribution is -2.48. The first-order valence-electron chi connectivity index (χ1n) is 8.82. The van der Waals surface area contributed by atoms with Gasteiger partial charge >= 0.3 is 0 Å². The number of nitrogens with zero attached hydrogens (tertiary/aromatic N) is 1. The minimum atomic E-state index is -3.54. The van der Waals surface area contributed by atoms with Crippen molar-refractivity contribution in [3.8, 4) is 0 Å². The summed E-state index contributed by atoms with van der Waals surface area (Å²) in [4.78, 5) is 14.6. The van der Waals surface area contributed by atoms with E-state index < -0.39 is 10.0 Å². The van der Waals surface area contributed by atoms with Crippen molar-refractivity contribution in [2.45, 2.75) is 49.8 Å². The van der Waals surface area contributed by atoms with Crippen LogP contribution in [0.25, 0.3) is 11.0 Å². The van der Waals surface area contributed by atoms with Gasteiger partial charge in [0.05, 0.1) is 17.1 Å². The number of hydrogen-bond donors (Lipinski definition) is 1. The third-order valence-electron chi connectivity index (χ3n) is 4.61. The second-order valence-corrected chi connectivity index (χ2v) is 8.89. The average Bonchev–Trinajstić information content (AvgIpc) is 3.26. The van der Waals surface area contributed by atoms with E-state index in [-0.39, 0.29) is 34.8 Å². The first-order valence-corrected chi connectivity index (χ1v) is 10.3. The number of carbonyl (C=O) groups is 1. The fourth-order valence-electron chi connectivity index (χ4n) is 3.28. The van der Waals surface area contributed by atoms with Gasteiger partial charge in [-0.05, 0) is 51.0 Å². The number of nitrogens with one attached hydrogen (secondary N) is 1. The summed E-state index contributed by atoms with van der Waals surface area (Å²) in [6.07, 6.45) is 1.69. The number of ether oxygens (including phenoxy) is 1. The fraction of sp³-hybridized carbons (Fsp3) is 0.500. The molecule has 2 aliphatic rings. The Hall–Kier alpha value is -1.90. The average molecular weight is 378 g/mol. The van der Waals surface area contributed by atoms with Crippen molar-refractivity contribution in [2.24, 2.45) is 0 Å². The molecule has 1 saturated heterocycles. The lowest BCUT2D eigenvalue weighted by molar-refractivity contribution is -0.0591. The summed E-state index contributed by atoms with van der Waals surface area (Å²) >= 11 is 0. The molecule has 26 heavy (non-hydrogen) atoms. The highest BCUT2D eigenvalue weighted by atomic mass is 32.2. The first-order chi connectivity index (χ1) is 12.3. The molecule has 2 fully saturated rings. The molecular formula is C18H22N2O5S. The van der Waals surface area contributed by atoms with Crippen LogP contribution in [0.1, 0.15) is 37.2 Å². The fourth-order valence-corrected chi connectivity index (χ4v) is 4.62. The highest BCUT2D eigenvalue weighted by Gasteiger charge is 2.30. The number of benzene rings is 1. The van der Waals surface area contributed by atoms with Crippen LogP contribution in [0.2, 0.25) is 0 Å². The minimum absolute atomic E-state index is 0.0303. The Kier molecular flexibility index (Phi) is 4.29. The molecule has 1 aliphatic heterocycles. The minimum Gasteiger partial charge on any atom is -0.451 e. The number of hydrogen-bond acceptors (Lipinski definition) is 5. The van der Waals surface area contributed by atoms with Crippen LogP contribution in [-0.4, -0.2) is 50.6 Å². The van der Waals surface area contributed by atoms with E-state index in [9.17, 15) is 13.2 Å². The summed E-state index contributed by atoms with van der Waals surface area (Å²) in [5, 5.41) is 0.598. The molecule has 1 aromatic heterocycles. The lowest BCUT2D eigenvalue weighted by Gasteiger charge is -2.34. The Morgan fingerprint density at radius 2 is 1.85 bits per heavy atom. The van der Waals surface area contributed by atoms with Gasteiger partial charge in [-0.25, -0.2) is 13.1 Å². The van der Waals surface area contributed by atoms with E-state index in [1.807, 2.05) is 13.8 Å². The van der Waals surface area contributed by atoms with E-state index in [0.29, 0.717) is 24.1 Å². The highest BCUT2D eigenvalue weighted by molar-refractivity contribution is 7.89.